The van der Waals surface area contributed by atoms with E-state index in [1.54, 1.807) is 0 Å². The third-order valence-corrected chi connectivity index (χ3v) is 1.60. The highest BCUT2D eigenvalue weighted by Gasteiger charge is 2.34. The normalized spacial score (nSPS) is 30.2. The van der Waals surface area contributed by atoms with Crippen LogP contribution in [0.3, 0.4) is 0 Å². The highest BCUT2D eigenvalue weighted by molar-refractivity contribution is 5.85. The van der Waals surface area contributed by atoms with Crippen LogP contribution >= 0.6 is 12.4 Å². The largest absolute Gasteiger partial charge is 0.319 e. The summed E-state index contributed by atoms with van der Waals surface area (Å²) in [6, 6.07) is 0. The van der Waals surface area contributed by atoms with Crippen LogP contribution < -0.4 is 5.32 Å². The molecule has 9 heavy (non-hydrogen) atoms. The van der Waals surface area contributed by atoms with Gasteiger partial charge in [0, 0.05) is 5.92 Å². The maximum Gasteiger partial charge on any atom is 0.0244 e. The van der Waals surface area contributed by atoms with Gasteiger partial charge in [-0.1, -0.05) is 0 Å². The molecule has 0 aliphatic heterocycles. The Morgan fingerprint density at radius 3 is 2.78 bits per heavy atom. The summed E-state index contributed by atoms with van der Waals surface area (Å²) < 4.78 is 0. The van der Waals surface area contributed by atoms with Crippen LogP contribution in [0.25, 0.3) is 0 Å². The molecule has 0 heterocycles. The van der Waals surface area contributed by atoms with E-state index in [0.717, 1.165) is 12.5 Å². The first-order valence-corrected chi connectivity index (χ1v) is 2.99. The molecule has 0 spiro atoms. The Bertz CT molecular complexity index is 117. The second kappa shape index (κ2) is 3.76. The quantitative estimate of drug-likeness (QED) is 0.570. The Balaban J connectivity index is 0.000000640. The van der Waals surface area contributed by atoms with E-state index in [9.17, 15) is 0 Å². The topological polar surface area (TPSA) is 12.0 Å². The first-order chi connectivity index (χ1) is 3.88. The number of nitrogens with one attached hydrogen (secondary N) is 1. The highest BCUT2D eigenvalue weighted by atomic mass is 35.5. The van der Waals surface area contributed by atoms with Gasteiger partial charge in [0.05, 0.1) is 0 Å². The van der Waals surface area contributed by atoms with Crippen molar-refractivity contribution in [2.24, 2.45) is 11.8 Å². The zero-order valence-electron chi connectivity index (χ0n) is 5.55. The predicted octanol–water partition coefficient (Wildman–Crippen LogP) is 0.897. The van der Waals surface area contributed by atoms with E-state index in [0.29, 0.717) is 5.92 Å². The van der Waals surface area contributed by atoms with Crippen LogP contribution in [0.4, 0.5) is 0 Å². The summed E-state index contributed by atoms with van der Waals surface area (Å²) >= 11 is 0. The van der Waals surface area contributed by atoms with Crippen LogP contribution in [0.5, 0.6) is 0 Å². The van der Waals surface area contributed by atoms with Gasteiger partial charge in [0.1, 0.15) is 0 Å². The Hall–Kier alpha value is -0.190. The average Bonchev–Trinajstić information content (AvgIpc) is 2.48. The molecule has 0 saturated heterocycles. The molecular weight excluding hydrogens is 134 g/mol. The molecule has 1 nitrogen and oxygen atoms in total. The van der Waals surface area contributed by atoms with Crippen molar-refractivity contribution < 1.29 is 0 Å². The fourth-order valence-electron chi connectivity index (χ4n) is 0.940. The zero-order valence-corrected chi connectivity index (χ0v) is 6.37. The Kier molecular flexibility index (Phi) is 3.68. The molecule has 2 unspecified atom stereocenters. The van der Waals surface area contributed by atoms with Crippen LogP contribution in [0.2, 0.25) is 0 Å². The number of rotatable bonds is 2. The third kappa shape index (κ3) is 2.26. The number of hydrogen-bond donors (Lipinski definition) is 1. The molecule has 1 N–H and O–H groups in total. The van der Waals surface area contributed by atoms with Crippen molar-refractivity contribution in [3.63, 3.8) is 0 Å². The van der Waals surface area contributed by atoms with Crippen molar-refractivity contribution in [3.8, 4) is 12.3 Å². The van der Waals surface area contributed by atoms with Gasteiger partial charge >= 0.3 is 0 Å². The minimum Gasteiger partial charge on any atom is -0.319 e. The fraction of sp³-hybridized carbons (Fsp3) is 0.714. The van der Waals surface area contributed by atoms with Crippen LogP contribution in [0.1, 0.15) is 6.42 Å². The Labute approximate surface area is 62.6 Å². The predicted molar refractivity (Wildman–Crippen MR) is 41.6 cm³/mol. The second-order valence-corrected chi connectivity index (χ2v) is 2.33. The molecule has 0 aromatic carbocycles. The van der Waals surface area contributed by atoms with E-state index in [-0.39, 0.29) is 12.4 Å². The molecule has 0 amide bonds. The van der Waals surface area contributed by atoms with Gasteiger partial charge in [0.25, 0.3) is 0 Å². The Morgan fingerprint density at radius 1 is 1.78 bits per heavy atom. The van der Waals surface area contributed by atoms with Gasteiger partial charge in [0.2, 0.25) is 0 Å². The smallest absolute Gasteiger partial charge is 0.0244 e. The van der Waals surface area contributed by atoms with E-state index in [1.807, 2.05) is 7.05 Å². The fourth-order valence-corrected chi connectivity index (χ4v) is 0.940. The molecule has 1 aliphatic rings. The van der Waals surface area contributed by atoms with Gasteiger partial charge < -0.3 is 5.32 Å². The average molecular weight is 146 g/mol. The van der Waals surface area contributed by atoms with Crippen molar-refractivity contribution in [2.45, 2.75) is 6.42 Å². The van der Waals surface area contributed by atoms with E-state index in [2.05, 4.69) is 11.2 Å². The zero-order chi connectivity index (χ0) is 5.98. The number of halogens is 1. The maximum atomic E-state index is 5.18. The van der Waals surface area contributed by atoms with Gasteiger partial charge in [-0.25, -0.2) is 0 Å². The monoisotopic (exact) mass is 145 g/mol. The highest BCUT2D eigenvalue weighted by Crippen LogP contribution is 2.36. The molecule has 1 fully saturated rings. The summed E-state index contributed by atoms with van der Waals surface area (Å²) in [6.45, 7) is 1.09. The standard InChI is InChI=1S/C7H11N.ClH/c1-3-6-4-7(6)5-8-2;/h1,6-8H,4-5H2,2H3;1H. The minimum absolute atomic E-state index is 0. The van der Waals surface area contributed by atoms with Crippen LogP contribution in [-0.4, -0.2) is 13.6 Å². The van der Waals surface area contributed by atoms with E-state index < -0.39 is 0 Å². The molecular formula is C7H12ClN. The molecule has 1 aliphatic carbocycles. The van der Waals surface area contributed by atoms with Gasteiger partial charge in [0.15, 0.2) is 0 Å². The maximum absolute atomic E-state index is 5.18. The SMILES string of the molecule is C#CC1CC1CNC.Cl. The molecule has 1 rings (SSSR count). The van der Waals surface area contributed by atoms with Gasteiger partial charge in [-0.15, -0.1) is 24.8 Å². The van der Waals surface area contributed by atoms with Crippen molar-refractivity contribution in [1.29, 1.82) is 0 Å². The van der Waals surface area contributed by atoms with Gasteiger partial charge in [-0.05, 0) is 25.9 Å². The molecule has 2 atom stereocenters. The molecule has 0 aromatic heterocycles. The summed E-state index contributed by atoms with van der Waals surface area (Å²) in [5.74, 6) is 4.10. The van der Waals surface area contributed by atoms with Gasteiger partial charge in [-0.3, -0.25) is 0 Å². The molecule has 0 bridgehead atoms. The van der Waals surface area contributed by atoms with Crippen LogP contribution in [-0.2, 0) is 0 Å². The Morgan fingerprint density at radius 2 is 2.44 bits per heavy atom. The lowest BCUT2D eigenvalue weighted by Crippen LogP contribution is -2.09. The van der Waals surface area contributed by atoms with Crippen molar-refractivity contribution in [1.82, 2.24) is 5.32 Å². The van der Waals surface area contributed by atoms with Gasteiger partial charge in [-0.2, -0.15) is 0 Å². The van der Waals surface area contributed by atoms with Crippen molar-refractivity contribution in [2.75, 3.05) is 13.6 Å². The molecule has 52 valence electrons. The lowest BCUT2D eigenvalue weighted by atomic mass is 10.3. The lowest BCUT2D eigenvalue weighted by Gasteiger charge is -1.90. The number of terminal acetylenes is 1. The van der Waals surface area contributed by atoms with Crippen LogP contribution in [0.15, 0.2) is 0 Å². The molecule has 2 heteroatoms. The summed E-state index contributed by atoms with van der Waals surface area (Å²) in [4.78, 5) is 0. The van der Waals surface area contributed by atoms with Crippen molar-refractivity contribution in [3.05, 3.63) is 0 Å². The van der Waals surface area contributed by atoms with Crippen LogP contribution in [0, 0.1) is 24.2 Å². The van der Waals surface area contributed by atoms with E-state index in [1.165, 1.54) is 6.42 Å². The second-order valence-electron chi connectivity index (χ2n) is 2.33. The summed E-state index contributed by atoms with van der Waals surface area (Å²) in [5, 5.41) is 3.10. The minimum atomic E-state index is 0. The number of hydrogen-bond acceptors (Lipinski definition) is 1. The van der Waals surface area contributed by atoms with Crippen molar-refractivity contribution >= 4 is 12.4 Å². The summed E-state index contributed by atoms with van der Waals surface area (Å²) in [6.07, 6.45) is 6.41. The molecule has 0 aromatic rings. The van der Waals surface area contributed by atoms with E-state index in [4.69, 9.17) is 6.42 Å². The molecule has 1 saturated carbocycles. The van der Waals surface area contributed by atoms with E-state index >= 15 is 0 Å². The lowest BCUT2D eigenvalue weighted by molar-refractivity contribution is 0.696. The first kappa shape index (κ1) is 8.81. The third-order valence-electron chi connectivity index (χ3n) is 1.60. The first-order valence-electron chi connectivity index (χ1n) is 2.99. The summed E-state index contributed by atoms with van der Waals surface area (Å²) in [5.41, 5.74) is 0. The molecule has 0 radical (unpaired) electrons. The summed E-state index contributed by atoms with van der Waals surface area (Å²) in [7, 11) is 1.96.